The molecular formula is C17H24N2O2. The standard InChI is InChI=1S/C17H24N2O2/c1-12-4-3-5-15(10-12)19(2)11-17(16(20)21,13-6-7-13)18-14-8-9-14/h3-5,10,13-14,18H,6-9,11H2,1-2H3,(H,20,21). The fraction of sp³-hybridized carbons (Fsp3) is 0.588. The fourth-order valence-electron chi connectivity index (χ4n) is 3.10. The minimum atomic E-state index is -0.792. The molecule has 1 unspecified atom stereocenters. The van der Waals surface area contributed by atoms with Crippen molar-refractivity contribution in [3.05, 3.63) is 29.8 Å². The quantitative estimate of drug-likeness (QED) is 0.809. The van der Waals surface area contributed by atoms with E-state index in [1.165, 1.54) is 5.56 Å². The number of rotatable bonds is 7. The van der Waals surface area contributed by atoms with Crippen molar-refractivity contribution in [1.82, 2.24) is 5.32 Å². The van der Waals surface area contributed by atoms with Crippen molar-refractivity contribution in [3.63, 3.8) is 0 Å². The van der Waals surface area contributed by atoms with Crippen molar-refractivity contribution in [2.24, 2.45) is 5.92 Å². The van der Waals surface area contributed by atoms with Crippen LogP contribution < -0.4 is 10.2 Å². The highest BCUT2D eigenvalue weighted by Crippen LogP contribution is 2.42. The van der Waals surface area contributed by atoms with Gasteiger partial charge in [-0.1, -0.05) is 12.1 Å². The van der Waals surface area contributed by atoms with Gasteiger partial charge in [-0.15, -0.1) is 0 Å². The Morgan fingerprint density at radius 1 is 1.38 bits per heavy atom. The van der Waals surface area contributed by atoms with Gasteiger partial charge < -0.3 is 10.0 Å². The molecule has 2 fully saturated rings. The molecule has 4 heteroatoms. The summed E-state index contributed by atoms with van der Waals surface area (Å²) >= 11 is 0. The molecule has 0 aromatic heterocycles. The number of aryl methyl sites for hydroxylation is 1. The van der Waals surface area contributed by atoms with Crippen LogP contribution in [0.25, 0.3) is 0 Å². The zero-order chi connectivity index (χ0) is 15.0. The highest BCUT2D eigenvalue weighted by molar-refractivity contribution is 5.81. The molecule has 3 rings (SSSR count). The van der Waals surface area contributed by atoms with Crippen LogP contribution in [0.4, 0.5) is 5.69 Å². The van der Waals surface area contributed by atoms with Crippen LogP contribution in [-0.4, -0.2) is 36.2 Å². The molecule has 0 radical (unpaired) electrons. The third kappa shape index (κ3) is 3.05. The second kappa shape index (κ2) is 5.34. The zero-order valence-corrected chi connectivity index (χ0v) is 12.8. The molecule has 0 aliphatic heterocycles. The van der Waals surface area contributed by atoms with Gasteiger partial charge in [-0.3, -0.25) is 10.1 Å². The Bertz CT molecular complexity index is 537. The van der Waals surface area contributed by atoms with Gasteiger partial charge in [-0.2, -0.15) is 0 Å². The smallest absolute Gasteiger partial charge is 0.326 e. The number of nitrogens with one attached hydrogen (secondary N) is 1. The van der Waals surface area contributed by atoms with Crippen molar-refractivity contribution in [3.8, 4) is 0 Å². The molecule has 21 heavy (non-hydrogen) atoms. The molecular weight excluding hydrogens is 264 g/mol. The second-order valence-electron chi connectivity index (χ2n) is 6.66. The van der Waals surface area contributed by atoms with Crippen LogP contribution in [0.2, 0.25) is 0 Å². The lowest BCUT2D eigenvalue weighted by Crippen LogP contribution is -2.61. The van der Waals surface area contributed by atoms with Crippen LogP contribution >= 0.6 is 0 Å². The normalized spacial score (nSPS) is 20.9. The van der Waals surface area contributed by atoms with Crippen LogP contribution in [0.5, 0.6) is 0 Å². The number of carboxylic acid groups (broad SMARTS) is 1. The van der Waals surface area contributed by atoms with Gasteiger partial charge in [-0.25, -0.2) is 0 Å². The maximum Gasteiger partial charge on any atom is 0.326 e. The summed E-state index contributed by atoms with van der Waals surface area (Å²) < 4.78 is 0. The number of hydrogen-bond acceptors (Lipinski definition) is 3. The van der Waals surface area contributed by atoms with Crippen molar-refractivity contribution in [1.29, 1.82) is 0 Å². The lowest BCUT2D eigenvalue weighted by atomic mass is 9.91. The summed E-state index contributed by atoms with van der Waals surface area (Å²) in [6.45, 7) is 2.58. The van der Waals surface area contributed by atoms with E-state index in [1.54, 1.807) is 0 Å². The second-order valence-corrected chi connectivity index (χ2v) is 6.66. The molecule has 0 amide bonds. The van der Waals surface area contributed by atoms with Gasteiger partial charge in [0.25, 0.3) is 0 Å². The minimum Gasteiger partial charge on any atom is -0.480 e. The van der Waals surface area contributed by atoms with Crippen LogP contribution in [0.3, 0.4) is 0 Å². The predicted molar refractivity (Wildman–Crippen MR) is 83.7 cm³/mol. The Kier molecular flexibility index (Phi) is 3.66. The topological polar surface area (TPSA) is 52.6 Å². The molecule has 0 saturated heterocycles. The van der Waals surface area contributed by atoms with Gasteiger partial charge in [-0.05, 0) is 56.2 Å². The molecule has 4 nitrogen and oxygen atoms in total. The first-order valence-corrected chi connectivity index (χ1v) is 7.80. The molecule has 2 aliphatic rings. The summed E-state index contributed by atoms with van der Waals surface area (Å²) in [5, 5.41) is 13.3. The molecule has 0 bridgehead atoms. The molecule has 1 aromatic rings. The summed E-state index contributed by atoms with van der Waals surface area (Å²) in [7, 11) is 1.99. The Morgan fingerprint density at radius 3 is 2.62 bits per heavy atom. The molecule has 2 aliphatic carbocycles. The summed E-state index contributed by atoms with van der Waals surface area (Å²) in [5.74, 6) is -0.431. The Labute approximate surface area is 126 Å². The maximum absolute atomic E-state index is 12.0. The molecule has 0 heterocycles. The summed E-state index contributed by atoms with van der Waals surface area (Å²) in [4.78, 5) is 14.1. The molecule has 1 aromatic carbocycles. The Morgan fingerprint density at radius 2 is 2.10 bits per heavy atom. The van der Waals surface area contributed by atoms with E-state index in [-0.39, 0.29) is 5.92 Å². The third-order valence-corrected chi connectivity index (χ3v) is 4.62. The summed E-state index contributed by atoms with van der Waals surface area (Å²) in [6, 6.07) is 8.63. The summed E-state index contributed by atoms with van der Waals surface area (Å²) in [6.07, 6.45) is 4.26. The van der Waals surface area contributed by atoms with Gasteiger partial charge in [0.05, 0.1) is 0 Å². The van der Waals surface area contributed by atoms with Crippen molar-refractivity contribution < 1.29 is 9.90 Å². The van der Waals surface area contributed by atoms with Crippen LogP contribution in [0.15, 0.2) is 24.3 Å². The first-order chi connectivity index (χ1) is 10.0. The van der Waals surface area contributed by atoms with E-state index in [1.807, 2.05) is 19.2 Å². The Balaban J connectivity index is 1.81. The number of carboxylic acids is 1. The highest BCUT2D eigenvalue weighted by atomic mass is 16.4. The fourth-order valence-corrected chi connectivity index (χ4v) is 3.10. The highest BCUT2D eigenvalue weighted by Gasteiger charge is 2.53. The van der Waals surface area contributed by atoms with Crippen LogP contribution in [0.1, 0.15) is 31.2 Å². The number of carbonyl (C=O) groups is 1. The maximum atomic E-state index is 12.0. The lowest BCUT2D eigenvalue weighted by molar-refractivity contribution is -0.145. The molecule has 114 valence electrons. The van der Waals surface area contributed by atoms with E-state index in [9.17, 15) is 9.90 Å². The lowest BCUT2D eigenvalue weighted by Gasteiger charge is -2.36. The van der Waals surface area contributed by atoms with E-state index in [0.717, 1.165) is 31.4 Å². The van der Waals surface area contributed by atoms with Crippen LogP contribution in [-0.2, 0) is 4.79 Å². The number of nitrogens with zero attached hydrogens (tertiary/aromatic N) is 1. The average molecular weight is 288 g/mol. The molecule has 1 atom stereocenters. The van der Waals surface area contributed by atoms with Crippen molar-refractivity contribution in [2.75, 3.05) is 18.5 Å². The van der Waals surface area contributed by atoms with E-state index in [0.29, 0.717) is 12.6 Å². The average Bonchev–Trinajstić information content (AvgIpc) is 3.30. The largest absolute Gasteiger partial charge is 0.480 e. The first kappa shape index (κ1) is 14.4. The molecule has 0 spiro atoms. The number of likely N-dealkylation sites (N-methyl/N-ethyl adjacent to an activating group) is 1. The van der Waals surface area contributed by atoms with Crippen LogP contribution in [0, 0.1) is 12.8 Å². The molecule has 2 N–H and O–H groups in total. The zero-order valence-electron chi connectivity index (χ0n) is 12.8. The SMILES string of the molecule is Cc1cccc(N(C)CC(NC2CC2)(C(=O)O)C2CC2)c1. The van der Waals surface area contributed by atoms with Gasteiger partial charge in [0, 0.05) is 25.3 Å². The number of anilines is 1. The Hall–Kier alpha value is -1.55. The number of aliphatic carboxylic acids is 1. The van der Waals surface area contributed by atoms with Crippen molar-refractivity contribution in [2.45, 2.75) is 44.2 Å². The van der Waals surface area contributed by atoms with Gasteiger partial charge in [0.1, 0.15) is 5.54 Å². The van der Waals surface area contributed by atoms with E-state index in [4.69, 9.17) is 0 Å². The van der Waals surface area contributed by atoms with E-state index >= 15 is 0 Å². The first-order valence-electron chi connectivity index (χ1n) is 7.80. The molecule has 2 saturated carbocycles. The number of hydrogen-bond donors (Lipinski definition) is 2. The van der Waals surface area contributed by atoms with Gasteiger partial charge in [0.15, 0.2) is 0 Å². The van der Waals surface area contributed by atoms with E-state index < -0.39 is 11.5 Å². The van der Waals surface area contributed by atoms with E-state index in [2.05, 4.69) is 29.3 Å². The monoisotopic (exact) mass is 288 g/mol. The van der Waals surface area contributed by atoms with Gasteiger partial charge in [0.2, 0.25) is 0 Å². The minimum absolute atomic E-state index is 0.267. The third-order valence-electron chi connectivity index (χ3n) is 4.62. The van der Waals surface area contributed by atoms with Gasteiger partial charge >= 0.3 is 5.97 Å². The van der Waals surface area contributed by atoms with Crippen molar-refractivity contribution >= 4 is 11.7 Å². The number of benzene rings is 1. The summed E-state index contributed by atoms with van der Waals surface area (Å²) in [5.41, 5.74) is 1.49. The predicted octanol–water partition coefficient (Wildman–Crippen LogP) is 2.42.